The molecule has 0 aliphatic heterocycles. The van der Waals surface area contributed by atoms with Gasteiger partial charge in [0, 0.05) is 11.4 Å². The maximum Gasteiger partial charge on any atom is 0.338 e. The van der Waals surface area contributed by atoms with Crippen LogP contribution < -0.4 is 0 Å². The number of aromatic hydroxyl groups is 1. The molecule has 1 heterocycles. The third-order valence-electron chi connectivity index (χ3n) is 3.00. The maximum atomic E-state index is 11.7. The second-order valence-corrected chi connectivity index (χ2v) is 4.38. The number of ether oxygens (including phenoxy) is 1. The highest BCUT2D eigenvalue weighted by atomic mass is 16.5. The summed E-state index contributed by atoms with van der Waals surface area (Å²) in [5, 5.41) is 9.99. The zero-order valence-corrected chi connectivity index (χ0v) is 11.3. The first kappa shape index (κ1) is 13.2. The molecule has 2 aromatic rings. The van der Waals surface area contributed by atoms with Crippen molar-refractivity contribution in [2.45, 2.75) is 20.8 Å². The van der Waals surface area contributed by atoms with Crippen molar-refractivity contribution in [3.8, 4) is 11.4 Å². The van der Waals surface area contributed by atoms with Crippen molar-refractivity contribution in [3.63, 3.8) is 0 Å². The van der Waals surface area contributed by atoms with Gasteiger partial charge < -0.3 is 14.4 Å². The summed E-state index contributed by atoms with van der Waals surface area (Å²) in [6.45, 7) is 5.99. The van der Waals surface area contributed by atoms with Gasteiger partial charge in [-0.3, -0.25) is 0 Å². The molecule has 0 fully saturated rings. The van der Waals surface area contributed by atoms with Crippen LogP contribution in [0.1, 0.15) is 28.7 Å². The fourth-order valence-corrected chi connectivity index (χ4v) is 2.09. The van der Waals surface area contributed by atoms with E-state index in [1.54, 1.807) is 19.1 Å². The van der Waals surface area contributed by atoms with Gasteiger partial charge in [-0.2, -0.15) is 0 Å². The fourth-order valence-electron chi connectivity index (χ4n) is 2.09. The number of phenols is 1. The highest BCUT2D eigenvalue weighted by Gasteiger charge is 2.13. The van der Waals surface area contributed by atoms with E-state index in [0.29, 0.717) is 17.9 Å². The van der Waals surface area contributed by atoms with Crippen LogP contribution in [0.25, 0.3) is 5.69 Å². The molecule has 0 aliphatic rings. The molecule has 0 spiro atoms. The molecule has 1 aromatic carbocycles. The molecule has 0 saturated carbocycles. The van der Waals surface area contributed by atoms with Crippen LogP contribution in [0.5, 0.6) is 5.75 Å². The van der Waals surface area contributed by atoms with Gasteiger partial charge >= 0.3 is 5.97 Å². The van der Waals surface area contributed by atoms with Crippen molar-refractivity contribution in [1.82, 2.24) is 4.57 Å². The molecule has 0 radical (unpaired) electrons. The SMILES string of the molecule is CCOC(=O)c1ccc(O)c(-n2c(C)ccc2C)c1. The molecule has 0 saturated heterocycles. The first-order valence-electron chi connectivity index (χ1n) is 6.20. The quantitative estimate of drug-likeness (QED) is 0.862. The molecule has 2 rings (SSSR count). The predicted octanol–water partition coefficient (Wildman–Crippen LogP) is 2.98. The molecule has 0 bridgehead atoms. The van der Waals surface area contributed by atoms with Crippen molar-refractivity contribution in [1.29, 1.82) is 0 Å². The molecule has 4 nitrogen and oxygen atoms in total. The van der Waals surface area contributed by atoms with E-state index < -0.39 is 0 Å². The number of benzene rings is 1. The number of aryl methyl sites for hydroxylation is 2. The zero-order valence-electron chi connectivity index (χ0n) is 11.3. The van der Waals surface area contributed by atoms with Crippen LogP contribution in [0.15, 0.2) is 30.3 Å². The van der Waals surface area contributed by atoms with Gasteiger partial charge in [0.15, 0.2) is 0 Å². The van der Waals surface area contributed by atoms with E-state index in [-0.39, 0.29) is 11.7 Å². The minimum Gasteiger partial charge on any atom is -0.506 e. The third-order valence-corrected chi connectivity index (χ3v) is 3.00. The van der Waals surface area contributed by atoms with Crippen LogP contribution in [0.4, 0.5) is 0 Å². The van der Waals surface area contributed by atoms with E-state index in [9.17, 15) is 9.90 Å². The third kappa shape index (κ3) is 2.47. The highest BCUT2D eigenvalue weighted by Crippen LogP contribution is 2.26. The summed E-state index contributed by atoms with van der Waals surface area (Å²) in [5.74, 6) is -0.248. The topological polar surface area (TPSA) is 51.5 Å². The van der Waals surface area contributed by atoms with Crippen molar-refractivity contribution in [2.24, 2.45) is 0 Å². The lowest BCUT2D eigenvalue weighted by molar-refractivity contribution is 0.0526. The fraction of sp³-hybridized carbons (Fsp3) is 0.267. The van der Waals surface area contributed by atoms with Gasteiger partial charge in [0.25, 0.3) is 0 Å². The molecule has 0 atom stereocenters. The number of carbonyl (C=O) groups is 1. The summed E-state index contributed by atoms with van der Waals surface area (Å²) in [4.78, 5) is 11.7. The molecule has 0 aliphatic carbocycles. The molecular weight excluding hydrogens is 242 g/mol. The van der Waals surface area contributed by atoms with Crippen molar-refractivity contribution in [2.75, 3.05) is 6.61 Å². The van der Waals surface area contributed by atoms with Crippen LogP contribution in [-0.2, 0) is 4.74 Å². The smallest absolute Gasteiger partial charge is 0.338 e. The molecule has 4 heteroatoms. The Balaban J connectivity index is 2.52. The average Bonchev–Trinajstić information content (AvgIpc) is 2.70. The number of rotatable bonds is 3. The number of esters is 1. The molecule has 100 valence electrons. The van der Waals surface area contributed by atoms with Crippen LogP contribution in [0, 0.1) is 13.8 Å². The Morgan fingerprint density at radius 1 is 1.21 bits per heavy atom. The molecule has 1 aromatic heterocycles. The van der Waals surface area contributed by atoms with E-state index in [4.69, 9.17) is 4.74 Å². The Hall–Kier alpha value is -2.23. The first-order valence-corrected chi connectivity index (χ1v) is 6.20. The van der Waals surface area contributed by atoms with Crippen molar-refractivity contribution >= 4 is 5.97 Å². The van der Waals surface area contributed by atoms with E-state index in [2.05, 4.69) is 0 Å². The lowest BCUT2D eigenvalue weighted by atomic mass is 10.1. The van der Waals surface area contributed by atoms with E-state index in [1.165, 1.54) is 6.07 Å². The Morgan fingerprint density at radius 2 is 1.84 bits per heavy atom. The first-order chi connectivity index (χ1) is 9.04. The van der Waals surface area contributed by atoms with E-state index in [1.807, 2.05) is 30.5 Å². The van der Waals surface area contributed by atoms with Crippen LogP contribution in [0.3, 0.4) is 0 Å². The van der Waals surface area contributed by atoms with Gasteiger partial charge in [-0.1, -0.05) is 0 Å². The highest BCUT2D eigenvalue weighted by molar-refractivity contribution is 5.90. The number of hydrogen-bond acceptors (Lipinski definition) is 3. The van der Waals surface area contributed by atoms with Crippen LogP contribution in [0.2, 0.25) is 0 Å². The summed E-state index contributed by atoms with van der Waals surface area (Å²) < 4.78 is 6.87. The minimum absolute atomic E-state index is 0.135. The zero-order chi connectivity index (χ0) is 14.0. The summed E-state index contributed by atoms with van der Waals surface area (Å²) in [6, 6.07) is 8.65. The van der Waals surface area contributed by atoms with E-state index in [0.717, 1.165) is 11.4 Å². The average molecular weight is 259 g/mol. The van der Waals surface area contributed by atoms with Gasteiger partial charge in [0.2, 0.25) is 0 Å². The standard InChI is InChI=1S/C15H17NO3/c1-4-19-15(18)12-7-8-14(17)13(9-12)16-10(2)5-6-11(16)3/h5-9,17H,4H2,1-3H3. The Morgan fingerprint density at radius 3 is 2.42 bits per heavy atom. The second-order valence-electron chi connectivity index (χ2n) is 4.38. The molecule has 19 heavy (non-hydrogen) atoms. The number of carbonyl (C=O) groups excluding carboxylic acids is 1. The van der Waals surface area contributed by atoms with Crippen molar-refractivity contribution < 1.29 is 14.6 Å². The predicted molar refractivity (Wildman–Crippen MR) is 72.9 cm³/mol. The monoisotopic (exact) mass is 259 g/mol. The lowest BCUT2D eigenvalue weighted by Crippen LogP contribution is -2.06. The normalized spacial score (nSPS) is 10.5. The van der Waals surface area contributed by atoms with Crippen LogP contribution >= 0.6 is 0 Å². The lowest BCUT2D eigenvalue weighted by Gasteiger charge is -2.12. The molecule has 0 unspecified atom stereocenters. The summed E-state index contributed by atoms with van der Waals surface area (Å²) in [7, 11) is 0. The number of nitrogens with zero attached hydrogens (tertiary/aromatic N) is 1. The maximum absolute atomic E-state index is 11.7. The number of aromatic nitrogens is 1. The summed E-state index contributed by atoms with van der Waals surface area (Å²) in [6.07, 6.45) is 0. The molecule has 1 N–H and O–H groups in total. The van der Waals surface area contributed by atoms with Crippen LogP contribution in [-0.4, -0.2) is 22.2 Å². The van der Waals surface area contributed by atoms with Gasteiger partial charge in [0.1, 0.15) is 5.75 Å². The number of hydrogen-bond donors (Lipinski definition) is 1. The summed E-state index contributed by atoms with van der Waals surface area (Å²) >= 11 is 0. The van der Waals surface area contributed by atoms with Gasteiger partial charge in [-0.05, 0) is 51.1 Å². The summed E-state index contributed by atoms with van der Waals surface area (Å²) in [5.41, 5.74) is 3.01. The van der Waals surface area contributed by atoms with E-state index >= 15 is 0 Å². The minimum atomic E-state index is -0.383. The Kier molecular flexibility index (Phi) is 3.60. The Bertz CT molecular complexity index is 594. The van der Waals surface area contributed by atoms with Gasteiger partial charge in [-0.25, -0.2) is 4.79 Å². The number of phenolic OH excluding ortho intramolecular Hbond substituents is 1. The van der Waals surface area contributed by atoms with Gasteiger partial charge in [0.05, 0.1) is 17.9 Å². The molecular formula is C15H17NO3. The van der Waals surface area contributed by atoms with Crippen molar-refractivity contribution in [3.05, 3.63) is 47.3 Å². The van der Waals surface area contributed by atoms with Gasteiger partial charge in [-0.15, -0.1) is 0 Å². The second kappa shape index (κ2) is 5.18. The largest absolute Gasteiger partial charge is 0.506 e. The molecule has 0 amide bonds. The Labute approximate surface area is 112 Å².